The van der Waals surface area contributed by atoms with Gasteiger partial charge in [0, 0.05) is 27.8 Å². The van der Waals surface area contributed by atoms with Crippen LogP contribution in [0.4, 0.5) is 0 Å². The van der Waals surface area contributed by atoms with E-state index in [-0.39, 0.29) is 6.10 Å². The fourth-order valence-corrected chi connectivity index (χ4v) is 5.55. The Morgan fingerprint density at radius 2 is 1.61 bits per heavy atom. The summed E-state index contributed by atoms with van der Waals surface area (Å²) in [6.45, 7) is 8.09. The average molecular weight is 504 g/mol. The topological polar surface area (TPSA) is 40.2 Å². The van der Waals surface area contributed by atoms with Crippen LogP contribution in [0.1, 0.15) is 26.7 Å². The first-order valence-electron chi connectivity index (χ1n) is 12.6. The molecule has 1 saturated heterocycles. The molecule has 0 unspecified atom stereocenters. The first-order chi connectivity index (χ1) is 17.6. The maximum Gasteiger partial charge on any atom is 0.170 e. The quantitative estimate of drug-likeness (QED) is 0.222. The Hall–Kier alpha value is -3.22. The monoisotopic (exact) mass is 503 g/mol. The van der Waals surface area contributed by atoms with E-state index in [1.54, 1.807) is 18.4 Å². The molecule has 0 aliphatic carbocycles. The van der Waals surface area contributed by atoms with E-state index in [9.17, 15) is 0 Å². The summed E-state index contributed by atoms with van der Waals surface area (Å²) in [5, 5.41) is 1.21. The number of nitrogens with zero attached hydrogens (tertiary/aromatic N) is 1. The number of thiophene rings is 1. The summed E-state index contributed by atoms with van der Waals surface area (Å²) in [5.74, 6) is 3.62. The zero-order valence-electron chi connectivity index (χ0n) is 21.2. The van der Waals surface area contributed by atoms with Crippen LogP contribution < -0.4 is 18.9 Å². The summed E-state index contributed by atoms with van der Waals surface area (Å²) >= 11 is 1.74. The minimum Gasteiger partial charge on any atom is -0.493 e. The third-order valence-electron chi connectivity index (χ3n) is 6.25. The predicted octanol–water partition coefficient (Wildman–Crippen LogP) is 7.63. The first-order valence-corrected chi connectivity index (χ1v) is 13.4. The third-order valence-corrected chi connectivity index (χ3v) is 7.40. The molecule has 1 aliphatic heterocycles. The van der Waals surface area contributed by atoms with Crippen molar-refractivity contribution in [3.05, 3.63) is 66.7 Å². The molecule has 0 N–H and O–H groups in total. The molecule has 1 aromatic heterocycles. The second kappa shape index (κ2) is 11.2. The lowest BCUT2D eigenvalue weighted by atomic mass is 10.1. The van der Waals surface area contributed by atoms with E-state index in [0.29, 0.717) is 18.1 Å². The van der Waals surface area contributed by atoms with Gasteiger partial charge in [0.1, 0.15) is 23.9 Å². The normalized spacial score (nSPS) is 13.9. The summed E-state index contributed by atoms with van der Waals surface area (Å²) in [6.07, 6.45) is 2.63. The number of benzene rings is 3. The minimum absolute atomic E-state index is 0.0348. The number of methoxy groups -OCH3 is 1. The molecule has 4 aromatic rings. The molecular weight excluding hydrogens is 470 g/mol. The van der Waals surface area contributed by atoms with Crippen LogP contribution in [0.25, 0.3) is 20.5 Å². The Balaban J connectivity index is 1.37. The van der Waals surface area contributed by atoms with Crippen molar-refractivity contribution in [3.63, 3.8) is 0 Å². The molecule has 1 aliphatic rings. The highest BCUT2D eigenvalue weighted by atomic mass is 32.1. The highest BCUT2D eigenvalue weighted by Gasteiger charge is 2.18. The molecule has 3 aromatic carbocycles. The lowest BCUT2D eigenvalue weighted by Crippen LogP contribution is -2.25. The van der Waals surface area contributed by atoms with Crippen LogP contribution in [-0.4, -0.2) is 44.4 Å². The molecule has 1 fully saturated rings. The van der Waals surface area contributed by atoms with Crippen LogP contribution in [0.5, 0.6) is 28.7 Å². The standard InChI is InChI=1S/C30H33NO4S/c1-21(2)34-26-20-27(32-3)28(19-25(26)30-18-22-8-4-5-9-29(22)36-30)35-24-12-10-23(11-13-24)33-17-16-31-14-6-7-15-31/h4-5,8-13,18-21H,6-7,14-17H2,1-3H3. The zero-order chi connectivity index (χ0) is 24.9. The van der Waals surface area contributed by atoms with E-state index in [2.05, 4.69) is 35.2 Å². The van der Waals surface area contributed by atoms with Crippen molar-refractivity contribution in [2.45, 2.75) is 32.8 Å². The van der Waals surface area contributed by atoms with Crippen molar-refractivity contribution in [2.24, 2.45) is 0 Å². The van der Waals surface area contributed by atoms with Crippen LogP contribution in [0.15, 0.2) is 66.7 Å². The Morgan fingerprint density at radius 3 is 2.33 bits per heavy atom. The summed E-state index contributed by atoms with van der Waals surface area (Å²) in [4.78, 5) is 3.58. The van der Waals surface area contributed by atoms with Gasteiger partial charge in [-0.05, 0) is 87.6 Å². The third kappa shape index (κ3) is 5.77. The van der Waals surface area contributed by atoms with Gasteiger partial charge >= 0.3 is 0 Å². The number of fused-ring (bicyclic) bond motifs is 1. The van der Waals surface area contributed by atoms with Crippen molar-refractivity contribution < 1.29 is 18.9 Å². The van der Waals surface area contributed by atoms with Crippen LogP contribution in [0.3, 0.4) is 0 Å². The molecule has 188 valence electrons. The summed E-state index contributed by atoms with van der Waals surface area (Å²) in [5.41, 5.74) is 0.988. The van der Waals surface area contributed by atoms with Crippen molar-refractivity contribution >= 4 is 21.4 Å². The molecular formula is C30H33NO4S. The first kappa shape index (κ1) is 24.5. The second-order valence-electron chi connectivity index (χ2n) is 9.28. The molecule has 0 amide bonds. The zero-order valence-corrected chi connectivity index (χ0v) is 22.0. The van der Waals surface area contributed by atoms with Gasteiger partial charge in [0.15, 0.2) is 11.5 Å². The van der Waals surface area contributed by atoms with Crippen LogP contribution in [-0.2, 0) is 0 Å². The van der Waals surface area contributed by atoms with E-state index in [1.165, 1.54) is 36.0 Å². The van der Waals surface area contributed by atoms with E-state index < -0.39 is 0 Å². The molecule has 5 rings (SSSR count). The van der Waals surface area contributed by atoms with Crippen molar-refractivity contribution in [1.29, 1.82) is 0 Å². The van der Waals surface area contributed by atoms with Gasteiger partial charge in [0.2, 0.25) is 0 Å². The Morgan fingerprint density at radius 1 is 0.861 bits per heavy atom. The fraction of sp³-hybridized carbons (Fsp3) is 0.333. The van der Waals surface area contributed by atoms with Gasteiger partial charge in [0.05, 0.1) is 13.2 Å². The van der Waals surface area contributed by atoms with Gasteiger partial charge < -0.3 is 18.9 Å². The summed E-state index contributed by atoms with van der Waals surface area (Å²) in [7, 11) is 1.65. The van der Waals surface area contributed by atoms with Crippen LogP contribution in [0.2, 0.25) is 0 Å². The molecule has 0 radical (unpaired) electrons. The molecule has 36 heavy (non-hydrogen) atoms. The smallest absolute Gasteiger partial charge is 0.170 e. The van der Waals surface area contributed by atoms with Gasteiger partial charge in [0.25, 0.3) is 0 Å². The molecule has 0 saturated carbocycles. The molecule has 0 bridgehead atoms. The maximum absolute atomic E-state index is 6.30. The van der Waals surface area contributed by atoms with Gasteiger partial charge in [-0.1, -0.05) is 18.2 Å². The molecule has 5 nitrogen and oxygen atoms in total. The summed E-state index contributed by atoms with van der Waals surface area (Å²) in [6, 6.07) is 22.3. The lowest BCUT2D eigenvalue weighted by molar-refractivity contribution is 0.237. The summed E-state index contributed by atoms with van der Waals surface area (Å²) < 4.78 is 25.3. The average Bonchev–Trinajstić information content (AvgIpc) is 3.55. The lowest BCUT2D eigenvalue weighted by Gasteiger charge is -2.18. The molecule has 0 spiro atoms. The van der Waals surface area contributed by atoms with Gasteiger partial charge in [-0.3, -0.25) is 4.90 Å². The van der Waals surface area contributed by atoms with E-state index in [0.717, 1.165) is 34.2 Å². The van der Waals surface area contributed by atoms with Crippen molar-refractivity contribution in [1.82, 2.24) is 4.90 Å². The number of rotatable bonds is 10. The van der Waals surface area contributed by atoms with Gasteiger partial charge in [-0.15, -0.1) is 11.3 Å². The molecule has 2 heterocycles. The molecule has 0 atom stereocenters. The van der Waals surface area contributed by atoms with Crippen LogP contribution >= 0.6 is 11.3 Å². The second-order valence-corrected chi connectivity index (χ2v) is 10.4. The Bertz CT molecular complexity index is 1260. The van der Waals surface area contributed by atoms with Crippen molar-refractivity contribution in [3.8, 4) is 39.2 Å². The number of ether oxygens (including phenoxy) is 4. The van der Waals surface area contributed by atoms with E-state index >= 15 is 0 Å². The molecule has 6 heteroatoms. The van der Waals surface area contributed by atoms with Gasteiger partial charge in [-0.25, -0.2) is 0 Å². The predicted molar refractivity (Wildman–Crippen MR) is 147 cm³/mol. The van der Waals surface area contributed by atoms with Crippen LogP contribution in [0, 0.1) is 0 Å². The maximum atomic E-state index is 6.30. The highest BCUT2D eigenvalue weighted by Crippen LogP contribution is 2.45. The highest BCUT2D eigenvalue weighted by molar-refractivity contribution is 7.22. The van der Waals surface area contributed by atoms with E-state index in [4.69, 9.17) is 18.9 Å². The SMILES string of the molecule is COc1cc(OC(C)C)c(-c2cc3ccccc3s2)cc1Oc1ccc(OCCN2CCCC2)cc1. The minimum atomic E-state index is 0.0348. The Kier molecular flexibility index (Phi) is 7.63. The Labute approximate surface area is 217 Å². The number of hydrogen-bond acceptors (Lipinski definition) is 6. The van der Waals surface area contributed by atoms with Gasteiger partial charge in [-0.2, -0.15) is 0 Å². The number of hydrogen-bond donors (Lipinski definition) is 0. The fourth-order valence-electron chi connectivity index (χ4n) is 4.47. The van der Waals surface area contributed by atoms with Crippen molar-refractivity contribution in [2.75, 3.05) is 33.4 Å². The van der Waals surface area contributed by atoms with E-state index in [1.807, 2.05) is 50.2 Å². The number of likely N-dealkylation sites (tertiary alicyclic amines) is 1. The largest absolute Gasteiger partial charge is 0.493 e.